The largest absolute Gasteiger partial charge is 0.492 e. The maximum atomic E-state index is 15.5. The number of H-pyrrole nitrogens is 1. The number of hydrogen-bond donors (Lipinski definition) is 2. The van der Waals surface area contributed by atoms with Gasteiger partial charge in [-0.15, -0.1) is 12.4 Å². The van der Waals surface area contributed by atoms with Crippen LogP contribution in [0.2, 0.25) is 0 Å². The van der Waals surface area contributed by atoms with Crippen LogP contribution >= 0.6 is 23.9 Å². The van der Waals surface area contributed by atoms with Crippen LogP contribution in [-0.2, 0) is 0 Å². The van der Waals surface area contributed by atoms with Gasteiger partial charge in [-0.3, -0.25) is 14.0 Å². The molecule has 5 rings (SSSR count). The Morgan fingerprint density at radius 1 is 1.24 bits per heavy atom. The van der Waals surface area contributed by atoms with Gasteiger partial charge in [0.2, 0.25) is 5.43 Å². The van der Waals surface area contributed by atoms with E-state index in [0.717, 1.165) is 37.3 Å². The van der Waals surface area contributed by atoms with Gasteiger partial charge in [0, 0.05) is 31.2 Å². The van der Waals surface area contributed by atoms with Crippen LogP contribution in [0.5, 0.6) is 5.75 Å². The van der Waals surface area contributed by atoms with E-state index < -0.39 is 16.8 Å². The quantitative estimate of drug-likeness (QED) is 0.539. The number of methoxy groups -OCH3 is 1. The first-order chi connectivity index (χ1) is 15.3. The van der Waals surface area contributed by atoms with Crippen LogP contribution in [0.15, 0.2) is 15.7 Å². The second kappa shape index (κ2) is 8.92. The highest BCUT2D eigenvalue weighted by Crippen LogP contribution is 2.46. The molecule has 1 aromatic carbocycles. The lowest BCUT2D eigenvalue weighted by molar-refractivity contribution is 0.374. The van der Waals surface area contributed by atoms with Crippen molar-refractivity contribution in [2.75, 3.05) is 25.1 Å². The third kappa shape index (κ3) is 3.94. The van der Waals surface area contributed by atoms with E-state index in [-0.39, 0.29) is 29.2 Å². The third-order valence-electron chi connectivity index (χ3n) is 6.76. The molecule has 1 saturated carbocycles. The molecule has 33 heavy (non-hydrogen) atoms. The molecule has 0 spiro atoms. The van der Waals surface area contributed by atoms with Gasteiger partial charge < -0.3 is 19.5 Å². The van der Waals surface area contributed by atoms with Crippen LogP contribution in [-0.4, -0.2) is 41.2 Å². The summed E-state index contributed by atoms with van der Waals surface area (Å²) in [5, 5.41) is 3.88. The van der Waals surface area contributed by atoms with Gasteiger partial charge in [-0.25, -0.2) is 4.39 Å². The van der Waals surface area contributed by atoms with Crippen LogP contribution in [0.4, 0.5) is 10.1 Å². The van der Waals surface area contributed by atoms with Crippen LogP contribution in [0.25, 0.3) is 21.1 Å². The molecule has 1 aliphatic carbocycles. The molecule has 2 fully saturated rings. The smallest absolute Gasteiger partial charge is 0.271 e. The highest BCUT2D eigenvalue weighted by Gasteiger charge is 2.35. The molecular weight excluding hydrogens is 467 g/mol. The minimum absolute atomic E-state index is 0. The van der Waals surface area contributed by atoms with Crippen LogP contribution in [0.1, 0.15) is 46.1 Å². The van der Waals surface area contributed by atoms with E-state index >= 15 is 4.39 Å². The predicted octanol–water partition coefficient (Wildman–Crippen LogP) is 4.02. The van der Waals surface area contributed by atoms with Crippen molar-refractivity contribution in [2.45, 2.75) is 58.2 Å². The Balaban J connectivity index is 0.00000259. The van der Waals surface area contributed by atoms with Crippen molar-refractivity contribution in [1.29, 1.82) is 0 Å². The van der Waals surface area contributed by atoms with E-state index in [1.807, 2.05) is 9.47 Å². The number of nitrogens with one attached hydrogen (secondary N) is 2. The van der Waals surface area contributed by atoms with E-state index in [1.165, 1.54) is 13.2 Å². The molecule has 1 unspecified atom stereocenters. The molecule has 7 nitrogen and oxygen atoms in total. The van der Waals surface area contributed by atoms with Crippen LogP contribution in [0, 0.1) is 11.7 Å². The van der Waals surface area contributed by atoms with E-state index in [2.05, 4.69) is 30.5 Å². The zero-order valence-corrected chi connectivity index (χ0v) is 20.9. The molecule has 2 N–H and O–H groups in total. The van der Waals surface area contributed by atoms with Gasteiger partial charge in [0.15, 0.2) is 11.6 Å². The molecule has 180 valence electrons. The fourth-order valence-corrected chi connectivity index (χ4v) is 6.07. The average Bonchev–Trinajstić information content (AvgIpc) is 3.32. The van der Waals surface area contributed by atoms with Crippen molar-refractivity contribution < 1.29 is 9.13 Å². The Bertz CT molecular complexity index is 1310. The molecule has 0 bridgehead atoms. The minimum Gasteiger partial charge on any atom is -0.492 e. The van der Waals surface area contributed by atoms with Crippen molar-refractivity contribution in [3.8, 4) is 5.75 Å². The summed E-state index contributed by atoms with van der Waals surface area (Å²) in [5.74, 6) is 0.294. The molecule has 3 aromatic rings. The van der Waals surface area contributed by atoms with Crippen molar-refractivity contribution in [2.24, 2.45) is 5.92 Å². The zero-order valence-electron chi connectivity index (χ0n) is 19.2. The second-order valence-corrected chi connectivity index (χ2v) is 10.2. The number of hydrogen-bond acceptors (Lipinski definition) is 6. The van der Waals surface area contributed by atoms with Gasteiger partial charge in [0.1, 0.15) is 15.9 Å². The molecule has 3 heterocycles. The highest BCUT2D eigenvalue weighted by atomic mass is 35.5. The summed E-state index contributed by atoms with van der Waals surface area (Å²) in [7, 11) is 1.53. The second-order valence-electron chi connectivity index (χ2n) is 9.38. The lowest BCUT2D eigenvalue weighted by atomic mass is 10.00. The number of anilines is 1. The topological polar surface area (TPSA) is 79.4 Å². The third-order valence-corrected chi connectivity index (χ3v) is 7.64. The molecule has 2 atom stereocenters. The van der Waals surface area contributed by atoms with Gasteiger partial charge in [-0.1, -0.05) is 13.8 Å². The van der Waals surface area contributed by atoms with Crippen molar-refractivity contribution >= 4 is 50.7 Å². The van der Waals surface area contributed by atoms with E-state index in [4.69, 9.17) is 4.74 Å². The van der Waals surface area contributed by atoms with Gasteiger partial charge >= 0.3 is 0 Å². The summed E-state index contributed by atoms with van der Waals surface area (Å²) in [4.78, 5) is 28.2. The van der Waals surface area contributed by atoms with E-state index in [1.54, 1.807) is 0 Å². The first-order valence-electron chi connectivity index (χ1n) is 11.3. The maximum Gasteiger partial charge on any atom is 0.271 e. The Morgan fingerprint density at radius 2 is 1.97 bits per heavy atom. The predicted molar refractivity (Wildman–Crippen MR) is 134 cm³/mol. The molecule has 0 amide bonds. The Hall–Kier alpha value is -2.10. The van der Waals surface area contributed by atoms with Gasteiger partial charge in [0.05, 0.1) is 18.0 Å². The van der Waals surface area contributed by atoms with E-state index in [9.17, 15) is 9.59 Å². The van der Waals surface area contributed by atoms with Crippen molar-refractivity contribution in [3.63, 3.8) is 0 Å². The van der Waals surface area contributed by atoms with Crippen molar-refractivity contribution in [3.05, 3.63) is 32.5 Å². The first-order valence-corrected chi connectivity index (χ1v) is 12.1. The van der Waals surface area contributed by atoms with E-state index in [0.29, 0.717) is 46.3 Å². The molecule has 1 aliphatic heterocycles. The zero-order chi connectivity index (χ0) is 22.7. The van der Waals surface area contributed by atoms with Gasteiger partial charge in [-0.05, 0) is 49.7 Å². The van der Waals surface area contributed by atoms with Crippen LogP contribution < -0.4 is 25.9 Å². The Morgan fingerprint density at radius 3 is 2.61 bits per heavy atom. The fourth-order valence-electron chi connectivity index (χ4n) is 5.15. The van der Waals surface area contributed by atoms with Gasteiger partial charge in [0.25, 0.3) is 5.56 Å². The monoisotopic (exact) mass is 496 g/mol. The molecule has 2 aromatic heterocycles. The SMILES string of the molecule is COc1c(N2CC[C@@H](C(C)NC(C)C)C2)c(F)cc2c(=O)c3c(=O)[nH]sc3n(C3CC3)c12.Cl. The summed E-state index contributed by atoms with van der Waals surface area (Å²) in [6.07, 6.45) is 2.87. The lowest BCUT2D eigenvalue weighted by Crippen LogP contribution is -2.39. The Labute approximate surface area is 201 Å². The first kappa shape index (κ1) is 24.0. The normalized spacial score (nSPS) is 19.5. The summed E-state index contributed by atoms with van der Waals surface area (Å²) >= 11 is 1.16. The molecule has 2 aliphatic rings. The van der Waals surface area contributed by atoms with Crippen LogP contribution in [0.3, 0.4) is 0 Å². The van der Waals surface area contributed by atoms with Gasteiger partial charge in [-0.2, -0.15) is 0 Å². The standard InChI is InChI=1S/C23H29FN4O3S.ClH/c1-11(2)25-12(3)13-7-8-27(10-13)19-16(24)9-15-18(21(19)31-4)28(14-5-6-14)23-17(20(15)29)22(30)26-32-23;/h9,11-14,25H,5-8,10H2,1-4H3,(H,26,30);1H/t12?,13-;/m1./s1. The number of pyridine rings is 1. The summed E-state index contributed by atoms with van der Waals surface area (Å²) in [5.41, 5.74) is 0.155. The fraction of sp³-hybridized carbons (Fsp3) is 0.565. The molecular formula is C23H30ClFN4O3S. The summed E-state index contributed by atoms with van der Waals surface area (Å²) < 4.78 is 26.0. The minimum atomic E-state index is -0.482. The number of aromatic nitrogens is 2. The lowest BCUT2D eigenvalue weighted by Gasteiger charge is -2.26. The maximum absolute atomic E-state index is 15.5. The average molecular weight is 497 g/mol. The number of halogens is 2. The molecule has 1 saturated heterocycles. The molecule has 0 radical (unpaired) electrons. The number of fused-ring (bicyclic) bond motifs is 2. The number of benzene rings is 1. The number of aromatic amines is 1. The Kier molecular flexibility index (Phi) is 6.50. The number of rotatable bonds is 6. The molecule has 10 heteroatoms. The van der Waals surface area contributed by atoms with Crippen molar-refractivity contribution in [1.82, 2.24) is 14.3 Å². The summed E-state index contributed by atoms with van der Waals surface area (Å²) in [6, 6.07) is 2.18. The highest BCUT2D eigenvalue weighted by molar-refractivity contribution is 7.12. The number of nitrogens with zero attached hydrogens (tertiary/aromatic N) is 2. The summed E-state index contributed by atoms with van der Waals surface area (Å²) in [6.45, 7) is 7.87. The number of ether oxygens (including phenoxy) is 1.